The molecule has 0 spiro atoms. The Morgan fingerprint density at radius 3 is 2.27 bits per heavy atom. The van der Waals surface area contributed by atoms with E-state index >= 15 is 0 Å². The molecule has 3 nitrogen and oxygen atoms in total. The fourth-order valence-corrected chi connectivity index (χ4v) is 3.11. The molecule has 2 N–H and O–H groups in total. The van der Waals surface area contributed by atoms with Crippen LogP contribution in [0.3, 0.4) is 0 Å². The first-order valence-electron chi connectivity index (χ1n) is 9.46. The zero-order valence-corrected chi connectivity index (χ0v) is 17.0. The number of hydrogen-bond acceptors (Lipinski definition) is 2. The zero-order chi connectivity index (χ0) is 19.3. The maximum atomic E-state index is 6.42. The number of nitrogens with two attached hydrogens (primary N) is 1. The first-order valence-corrected chi connectivity index (χ1v) is 9.46. The largest absolute Gasteiger partial charge is 0.490 e. The second-order valence-electron chi connectivity index (χ2n) is 7.40. The summed E-state index contributed by atoms with van der Waals surface area (Å²) in [5, 5.41) is 0. The van der Waals surface area contributed by atoms with E-state index in [1.807, 2.05) is 0 Å². The lowest BCUT2D eigenvalue weighted by Crippen LogP contribution is -2.20. The van der Waals surface area contributed by atoms with Gasteiger partial charge in [0.15, 0.2) is 0 Å². The van der Waals surface area contributed by atoms with E-state index in [0.29, 0.717) is 11.8 Å². The highest BCUT2D eigenvalue weighted by Gasteiger charge is 2.16. The van der Waals surface area contributed by atoms with E-state index in [4.69, 9.17) is 10.5 Å². The molecular formula is C23H32N2O. The molecule has 26 heavy (non-hydrogen) atoms. The van der Waals surface area contributed by atoms with Gasteiger partial charge >= 0.3 is 0 Å². The van der Waals surface area contributed by atoms with Crippen LogP contribution in [0.25, 0.3) is 11.1 Å². The van der Waals surface area contributed by atoms with E-state index in [0.717, 1.165) is 40.8 Å². The first-order chi connectivity index (χ1) is 12.3. The van der Waals surface area contributed by atoms with Crippen LogP contribution in [0.5, 0.6) is 5.75 Å². The second-order valence-corrected chi connectivity index (χ2v) is 7.40. The summed E-state index contributed by atoms with van der Waals surface area (Å²) in [4.78, 5) is 4.20. The standard InChI is InChI=1S/C23H32N2O/c1-7-20(12-15(2)3)26-22-14-19(18-10-8-16(4)9-11-18)13-21(17(22)5)23(24)25-6/h8-11,13-15,20H,7,12H2,1-6H3,(H2,24,25). The molecule has 0 heterocycles. The molecule has 0 aliphatic heterocycles. The van der Waals surface area contributed by atoms with Crippen LogP contribution in [0.2, 0.25) is 0 Å². The maximum Gasteiger partial charge on any atom is 0.125 e. The molecule has 0 aliphatic rings. The molecule has 140 valence electrons. The summed E-state index contributed by atoms with van der Waals surface area (Å²) in [6.07, 6.45) is 2.23. The Morgan fingerprint density at radius 2 is 1.73 bits per heavy atom. The molecule has 0 bridgehead atoms. The molecule has 3 heteroatoms. The number of amidine groups is 1. The molecule has 0 radical (unpaired) electrons. The molecule has 1 atom stereocenters. The third-order valence-electron chi connectivity index (χ3n) is 4.75. The van der Waals surface area contributed by atoms with Crippen molar-refractivity contribution in [3.8, 4) is 16.9 Å². The molecule has 0 amide bonds. The summed E-state index contributed by atoms with van der Waals surface area (Å²) in [5.74, 6) is 2.04. The summed E-state index contributed by atoms with van der Waals surface area (Å²) in [6.45, 7) is 10.8. The molecule has 0 saturated heterocycles. The zero-order valence-electron chi connectivity index (χ0n) is 17.0. The van der Waals surface area contributed by atoms with Crippen molar-refractivity contribution in [2.45, 2.75) is 53.6 Å². The van der Waals surface area contributed by atoms with Gasteiger partial charge in [-0.3, -0.25) is 4.99 Å². The van der Waals surface area contributed by atoms with Gasteiger partial charge in [-0.2, -0.15) is 0 Å². The van der Waals surface area contributed by atoms with E-state index < -0.39 is 0 Å². The summed E-state index contributed by atoms with van der Waals surface area (Å²) in [6, 6.07) is 12.8. The van der Waals surface area contributed by atoms with Gasteiger partial charge in [0.05, 0.1) is 6.10 Å². The number of hydrogen-bond donors (Lipinski definition) is 1. The van der Waals surface area contributed by atoms with Crippen molar-refractivity contribution in [3.63, 3.8) is 0 Å². The van der Waals surface area contributed by atoms with Crippen LogP contribution in [0.4, 0.5) is 0 Å². The number of benzene rings is 2. The first kappa shape index (κ1) is 20.0. The van der Waals surface area contributed by atoms with Crippen molar-refractivity contribution < 1.29 is 4.74 Å². The van der Waals surface area contributed by atoms with Crippen LogP contribution in [-0.2, 0) is 0 Å². The quantitative estimate of drug-likeness (QED) is 0.527. The fraction of sp³-hybridized carbons (Fsp3) is 0.435. The fourth-order valence-electron chi connectivity index (χ4n) is 3.11. The topological polar surface area (TPSA) is 47.6 Å². The van der Waals surface area contributed by atoms with Crippen molar-refractivity contribution in [2.24, 2.45) is 16.6 Å². The van der Waals surface area contributed by atoms with Crippen LogP contribution in [-0.4, -0.2) is 19.0 Å². The van der Waals surface area contributed by atoms with Crippen molar-refractivity contribution in [3.05, 3.63) is 53.1 Å². The van der Waals surface area contributed by atoms with Gasteiger partial charge in [0.1, 0.15) is 11.6 Å². The highest BCUT2D eigenvalue weighted by molar-refractivity contribution is 6.00. The van der Waals surface area contributed by atoms with Crippen molar-refractivity contribution in [2.75, 3.05) is 7.05 Å². The van der Waals surface area contributed by atoms with Crippen LogP contribution in [0.1, 0.15) is 50.3 Å². The van der Waals surface area contributed by atoms with Gasteiger partial charge in [0.25, 0.3) is 0 Å². The monoisotopic (exact) mass is 352 g/mol. The molecule has 0 saturated carbocycles. The van der Waals surface area contributed by atoms with Gasteiger partial charge in [-0.25, -0.2) is 0 Å². The van der Waals surface area contributed by atoms with Crippen LogP contribution < -0.4 is 10.5 Å². The third kappa shape index (κ3) is 4.87. The SMILES string of the molecule is CCC(CC(C)C)Oc1cc(-c2ccc(C)cc2)cc(C(N)=NC)c1C. The Morgan fingerprint density at radius 1 is 1.08 bits per heavy atom. The minimum atomic E-state index is 0.203. The van der Waals surface area contributed by atoms with Gasteiger partial charge in [-0.1, -0.05) is 50.6 Å². The average Bonchev–Trinajstić information content (AvgIpc) is 2.62. The normalized spacial score (nSPS) is 13.1. The van der Waals surface area contributed by atoms with Crippen molar-refractivity contribution >= 4 is 5.84 Å². The molecule has 1 unspecified atom stereocenters. The summed E-state index contributed by atoms with van der Waals surface area (Å²) in [5.41, 5.74) is 11.7. The molecule has 2 aromatic rings. The van der Waals surface area contributed by atoms with Gasteiger partial charge in [0, 0.05) is 18.2 Å². The Kier molecular flexibility index (Phi) is 6.84. The van der Waals surface area contributed by atoms with Gasteiger partial charge < -0.3 is 10.5 Å². The Bertz CT molecular complexity index is 761. The van der Waals surface area contributed by atoms with Gasteiger partial charge in [0.2, 0.25) is 0 Å². The Balaban J connectivity index is 2.52. The highest BCUT2D eigenvalue weighted by Crippen LogP contribution is 2.32. The predicted octanol–water partition coefficient (Wildman–Crippen LogP) is 5.51. The lowest BCUT2D eigenvalue weighted by atomic mass is 9.97. The summed E-state index contributed by atoms with van der Waals surface area (Å²) < 4.78 is 6.42. The van der Waals surface area contributed by atoms with Crippen LogP contribution in [0, 0.1) is 19.8 Å². The minimum absolute atomic E-state index is 0.203. The summed E-state index contributed by atoms with van der Waals surface area (Å²) in [7, 11) is 1.72. The van der Waals surface area contributed by atoms with Gasteiger partial charge in [-0.15, -0.1) is 0 Å². The maximum absolute atomic E-state index is 6.42. The molecule has 0 aliphatic carbocycles. The lowest BCUT2D eigenvalue weighted by molar-refractivity contribution is 0.169. The summed E-state index contributed by atoms with van der Waals surface area (Å²) >= 11 is 0. The number of ether oxygens (including phenoxy) is 1. The lowest BCUT2D eigenvalue weighted by Gasteiger charge is -2.22. The van der Waals surface area contributed by atoms with Gasteiger partial charge in [-0.05, 0) is 55.9 Å². The van der Waals surface area contributed by atoms with E-state index in [2.05, 4.69) is 76.0 Å². The van der Waals surface area contributed by atoms with Crippen molar-refractivity contribution in [1.82, 2.24) is 0 Å². The minimum Gasteiger partial charge on any atom is -0.490 e. The number of nitrogens with zero attached hydrogens (tertiary/aromatic N) is 1. The smallest absolute Gasteiger partial charge is 0.125 e. The average molecular weight is 353 g/mol. The Hall–Kier alpha value is -2.29. The third-order valence-corrected chi connectivity index (χ3v) is 4.75. The molecular weight excluding hydrogens is 320 g/mol. The van der Waals surface area contributed by atoms with E-state index in [9.17, 15) is 0 Å². The number of aliphatic imine (C=N–C) groups is 1. The second kappa shape index (κ2) is 8.88. The van der Waals surface area contributed by atoms with E-state index in [1.165, 1.54) is 5.56 Å². The molecule has 2 aromatic carbocycles. The Labute approximate surface area is 158 Å². The van der Waals surface area contributed by atoms with E-state index in [-0.39, 0.29) is 6.10 Å². The van der Waals surface area contributed by atoms with Crippen molar-refractivity contribution in [1.29, 1.82) is 0 Å². The van der Waals surface area contributed by atoms with Crippen LogP contribution >= 0.6 is 0 Å². The number of rotatable bonds is 7. The predicted molar refractivity (Wildman–Crippen MR) is 112 cm³/mol. The number of aryl methyl sites for hydroxylation is 1. The highest BCUT2D eigenvalue weighted by atomic mass is 16.5. The molecule has 0 aromatic heterocycles. The van der Waals surface area contributed by atoms with E-state index in [1.54, 1.807) is 7.05 Å². The molecule has 2 rings (SSSR count). The molecule has 0 fully saturated rings. The van der Waals surface area contributed by atoms with Crippen LogP contribution in [0.15, 0.2) is 41.4 Å².